The highest BCUT2D eigenvalue weighted by molar-refractivity contribution is 5.66. The Hall–Kier alpha value is -1.35. The molecule has 0 amide bonds. The maximum atomic E-state index is 10.7. The topological polar surface area (TPSA) is 63.3 Å². The van der Waals surface area contributed by atoms with Crippen molar-refractivity contribution in [3.63, 3.8) is 0 Å². The van der Waals surface area contributed by atoms with Gasteiger partial charge in [-0.3, -0.25) is 4.79 Å². The fourth-order valence-electron chi connectivity index (χ4n) is 3.78. The predicted octanol–water partition coefficient (Wildman–Crippen LogP) is 4.87. The van der Waals surface area contributed by atoms with Gasteiger partial charge in [0.25, 0.3) is 0 Å². The highest BCUT2D eigenvalue weighted by atomic mass is 16.4. The molecule has 0 aliphatic heterocycles. The van der Waals surface area contributed by atoms with Gasteiger partial charge in [-0.1, -0.05) is 45.0 Å². The average molecular weight is 317 g/mol. The molecule has 0 heterocycles. The van der Waals surface area contributed by atoms with Gasteiger partial charge >= 0.3 is 5.97 Å². The zero-order valence-electron chi connectivity index (χ0n) is 14.7. The van der Waals surface area contributed by atoms with Crippen molar-refractivity contribution in [2.24, 2.45) is 17.1 Å². The number of aliphatic carboxylic acids is 1. The third-order valence-electron chi connectivity index (χ3n) is 5.43. The number of carbonyl (C=O) groups is 1. The van der Waals surface area contributed by atoms with Crippen LogP contribution in [0, 0.1) is 11.3 Å². The second-order valence-corrected chi connectivity index (χ2v) is 8.12. The van der Waals surface area contributed by atoms with E-state index in [1.54, 1.807) is 0 Å². The molecule has 1 unspecified atom stereocenters. The molecule has 3 heteroatoms. The van der Waals surface area contributed by atoms with Gasteiger partial charge in [0, 0.05) is 12.5 Å². The number of carboxylic acid groups (broad SMARTS) is 1. The van der Waals surface area contributed by atoms with Crippen LogP contribution >= 0.6 is 0 Å². The predicted molar refractivity (Wildman–Crippen MR) is 94.4 cm³/mol. The minimum Gasteiger partial charge on any atom is -0.481 e. The quantitative estimate of drug-likeness (QED) is 0.814. The van der Waals surface area contributed by atoms with Gasteiger partial charge in [0.1, 0.15) is 0 Å². The maximum absolute atomic E-state index is 10.7. The Morgan fingerprint density at radius 1 is 1.26 bits per heavy atom. The third-order valence-corrected chi connectivity index (χ3v) is 5.43. The van der Waals surface area contributed by atoms with Gasteiger partial charge in [0.05, 0.1) is 0 Å². The largest absolute Gasteiger partial charge is 0.481 e. The summed E-state index contributed by atoms with van der Waals surface area (Å²) in [6, 6.07) is 8.32. The molecule has 0 saturated heterocycles. The minimum atomic E-state index is -0.780. The van der Waals surface area contributed by atoms with E-state index >= 15 is 0 Å². The Bertz CT molecular complexity index is 525. The molecule has 0 aromatic heterocycles. The normalized spacial score (nSPS) is 23.5. The van der Waals surface area contributed by atoms with Gasteiger partial charge in [-0.05, 0) is 60.5 Å². The molecule has 23 heavy (non-hydrogen) atoms. The van der Waals surface area contributed by atoms with Crippen LogP contribution < -0.4 is 5.73 Å². The fourth-order valence-corrected chi connectivity index (χ4v) is 3.78. The van der Waals surface area contributed by atoms with Crippen LogP contribution in [0.3, 0.4) is 0 Å². The summed E-state index contributed by atoms with van der Waals surface area (Å²) in [5.41, 5.74) is 9.01. The first-order chi connectivity index (χ1) is 10.8. The van der Waals surface area contributed by atoms with E-state index in [1.807, 2.05) is 6.07 Å². The van der Waals surface area contributed by atoms with E-state index in [9.17, 15) is 4.79 Å². The molecule has 1 aliphatic carbocycles. The van der Waals surface area contributed by atoms with Gasteiger partial charge in [0.2, 0.25) is 0 Å². The van der Waals surface area contributed by atoms with Crippen molar-refractivity contribution in [1.29, 1.82) is 0 Å². The van der Waals surface area contributed by atoms with Crippen LogP contribution in [0.25, 0.3) is 0 Å². The third kappa shape index (κ3) is 5.07. The lowest BCUT2D eigenvalue weighted by Gasteiger charge is -2.37. The van der Waals surface area contributed by atoms with Crippen LogP contribution in [0.4, 0.5) is 0 Å². The van der Waals surface area contributed by atoms with Crippen molar-refractivity contribution >= 4 is 5.97 Å². The first-order valence-electron chi connectivity index (χ1n) is 8.84. The van der Waals surface area contributed by atoms with E-state index in [4.69, 9.17) is 10.8 Å². The molecular weight excluding hydrogens is 286 g/mol. The molecule has 3 N–H and O–H groups in total. The molecule has 0 radical (unpaired) electrons. The number of hydrogen-bond donors (Lipinski definition) is 2. The first-order valence-corrected chi connectivity index (χ1v) is 8.84. The second-order valence-electron chi connectivity index (χ2n) is 8.12. The van der Waals surface area contributed by atoms with Crippen LogP contribution in [-0.4, -0.2) is 11.1 Å². The Balaban J connectivity index is 1.99. The van der Waals surface area contributed by atoms with E-state index in [0.717, 1.165) is 11.5 Å². The number of nitrogens with two attached hydrogens (primary N) is 1. The summed E-state index contributed by atoms with van der Waals surface area (Å²) in [7, 11) is 0. The molecule has 2 rings (SSSR count). The number of rotatable bonds is 5. The first kappa shape index (κ1) is 18.0. The van der Waals surface area contributed by atoms with Crippen LogP contribution in [0.15, 0.2) is 24.3 Å². The van der Waals surface area contributed by atoms with Gasteiger partial charge in [-0.15, -0.1) is 0 Å². The van der Waals surface area contributed by atoms with Crippen molar-refractivity contribution < 1.29 is 9.90 Å². The molecular formula is C20H31NO2. The Morgan fingerprint density at radius 3 is 2.48 bits per heavy atom. The van der Waals surface area contributed by atoms with E-state index in [2.05, 4.69) is 39.0 Å². The molecule has 1 aliphatic rings. The van der Waals surface area contributed by atoms with Crippen molar-refractivity contribution in [1.82, 2.24) is 0 Å². The number of benzene rings is 1. The van der Waals surface area contributed by atoms with Crippen LogP contribution in [-0.2, 0) is 4.79 Å². The lowest BCUT2D eigenvalue weighted by molar-refractivity contribution is -0.137. The van der Waals surface area contributed by atoms with E-state index < -0.39 is 5.97 Å². The highest BCUT2D eigenvalue weighted by Gasteiger charge is 2.30. The Morgan fingerprint density at radius 2 is 1.91 bits per heavy atom. The fraction of sp³-hybridized carbons (Fsp3) is 0.650. The Labute approximate surface area is 140 Å². The van der Waals surface area contributed by atoms with Crippen molar-refractivity contribution in [3.05, 3.63) is 35.4 Å². The Kier molecular flexibility index (Phi) is 5.85. The molecule has 1 fully saturated rings. The van der Waals surface area contributed by atoms with E-state index in [1.165, 1.54) is 31.2 Å². The minimum absolute atomic E-state index is 0.127. The molecule has 0 spiro atoms. The summed E-state index contributed by atoms with van der Waals surface area (Å²) in [6.07, 6.45) is 5.70. The van der Waals surface area contributed by atoms with Gasteiger partial charge < -0.3 is 10.8 Å². The molecule has 3 nitrogen and oxygen atoms in total. The summed E-state index contributed by atoms with van der Waals surface area (Å²) in [5, 5.41) is 8.80. The van der Waals surface area contributed by atoms with Crippen molar-refractivity contribution in [2.75, 3.05) is 0 Å². The van der Waals surface area contributed by atoms with Crippen molar-refractivity contribution in [2.45, 2.75) is 71.3 Å². The highest BCUT2D eigenvalue weighted by Crippen LogP contribution is 2.43. The van der Waals surface area contributed by atoms with E-state index in [0.29, 0.717) is 17.8 Å². The van der Waals surface area contributed by atoms with Gasteiger partial charge in [-0.25, -0.2) is 0 Å². The zero-order valence-corrected chi connectivity index (χ0v) is 14.7. The van der Waals surface area contributed by atoms with Crippen LogP contribution in [0.5, 0.6) is 0 Å². The molecule has 1 aromatic rings. The van der Waals surface area contributed by atoms with Gasteiger partial charge in [0.15, 0.2) is 0 Å². The zero-order chi connectivity index (χ0) is 17.0. The van der Waals surface area contributed by atoms with E-state index in [-0.39, 0.29) is 12.5 Å². The van der Waals surface area contributed by atoms with Crippen molar-refractivity contribution in [3.8, 4) is 0 Å². The number of hydrogen-bond acceptors (Lipinski definition) is 2. The summed E-state index contributed by atoms with van der Waals surface area (Å²) in [4.78, 5) is 10.7. The summed E-state index contributed by atoms with van der Waals surface area (Å²) in [5.74, 6) is 0.664. The monoisotopic (exact) mass is 317 g/mol. The molecule has 128 valence electrons. The smallest absolute Gasteiger partial charge is 0.303 e. The molecule has 1 aromatic carbocycles. The van der Waals surface area contributed by atoms with Crippen LogP contribution in [0.2, 0.25) is 0 Å². The lowest BCUT2D eigenvalue weighted by atomic mass is 9.68. The standard InChI is InChI=1S/C20H31NO2/c1-20(2,3)17-9-7-14(8-10-17)15-5-4-6-16(13-15)18(21)11-12-19(22)23/h4-6,13-14,17-18H,7-12,21H2,1-3H3,(H,22,23). The maximum Gasteiger partial charge on any atom is 0.303 e. The second kappa shape index (κ2) is 7.48. The molecule has 1 saturated carbocycles. The molecule has 1 atom stereocenters. The summed E-state index contributed by atoms with van der Waals surface area (Å²) in [6.45, 7) is 7.04. The summed E-state index contributed by atoms with van der Waals surface area (Å²) < 4.78 is 0. The van der Waals surface area contributed by atoms with Crippen LogP contribution in [0.1, 0.15) is 82.4 Å². The average Bonchev–Trinajstić information content (AvgIpc) is 2.52. The lowest BCUT2D eigenvalue weighted by Crippen LogP contribution is -2.25. The molecule has 0 bridgehead atoms. The summed E-state index contributed by atoms with van der Waals surface area (Å²) >= 11 is 0. The number of carboxylic acids is 1. The SMILES string of the molecule is CC(C)(C)C1CCC(c2cccc(C(N)CCC(=O)O)c2)CC1. The van der Waals surface area contributed by atoms with Gasteiger partial charge in [-0.2, -0.15) is 0 Å².